The highest BCUT2D eigenvalue weighted by Crippen LogP contribution is 2.47. The van der Waals surface area contributed by atoms with Crippen molar-refractivity contribution >= 4 is 32.8 Å². The minimum absolute atomic E-state index is 0.0300. The number of nitrogens with zero attached hydrogens (tertiary/aromatic N) is 4. The Morgan fingerprint density at radius 3 is 1.51 bits per heavy atom. The number of benzene rings is 8. The van der Waals surface area contributed by atoms with Crippen molar-refractivity contribution in [2.75, 3.05) is 0 Å². The van der Waals surface area contributed by atoms with Gasteiger partial charge in [0.2, 0.25) is 0 Å². The van der Waals surface area contributed by atoms with Gasteiger partial charge in [0.1, 0.15) is 17.3 Å². The maximum absolute atomic E-state index is 6.91. The highest BCUT2D eigenvalue weighted by Gasteiger charge is 2.28. The summed E-state index contributed by atoms with van der Waals surface area (Å²) in [5.74, 6) is 2.34. The van der Waals surface area contributed by atoms with E-state index >= 15 is 0 Å². The second-order valence-electron chi connectivity index (χ2n) is 26.9. The molecule has 0 unspecified atom stereocenters. The van der Waals surface area contributed by atoms with Crippen LogP contribution in [0.3, 0.4) is 0 Å². The molecule has 0 radical (unpaired) electrons. The fourth-order valence-corrected chi connectivity index (χ4v) is 11.0. The van der Waals surface area contributed by atoms with Crippen molar-refractivity contribution in [3.8, 4) is 62.1 Å². The van der Waals surface area contributed by atoms with E-state index < -0.39 is 0 Å². The molecule has 5 nitrogen and oxygen atoms in total. The highest BCUT2D eigenvalue weighted by molar-refractivity contribution is 6.09. The maximum Gasteiger partial charge on any atom is 0.269 e. The molecule has 79 heavy (non-hydrogen) atoms. The fraction of sp³-hybridized carbons (Fsp3) is 0.270. The van der Waals surface area contributed by atoms with E-state index in [9.17, 15) is 0 Å². The van der Waals surface area contributed by atoms with E-state index in [1.165, 1.54) is 61.0 Å². The number of fused-ring (bicyclic) bond motifs is 4. The molecule has 0 aliphatic rings. The van der Waals surface area contributed by atoms with Crippen LogP contribution in [0.1, 0.15) is 132 Å². The normalized spacial score (nSPS) is 12.7. The molecule has 3 aromatic heterocycles. The largest absolute Gasteiger partial charge is 0.458 e. The molecule has 0 saturated carbocycles. The number of para-hydroxylation sites is 3. The molecule has 0 bridgehead atoms. The van der Waals surface area contributed by atoms with Gasteiger partial charge >= 0.3 is 0 Å². The monoisotopic (exact) mass is 1040 g/mol. The Morgan fingerprint density at radius 1 is 0.405 bits per heavy atom. The summed E-state index contributed by atoms with van der Waals surface area (Å²) in [6.45, 7) is 34.7. The van der Waals surface area contributed by atoms with Crippen LogP contribution in [-0.2, 0) is 27.1 Å². The fourth-order valence-electron chi connectivity index (χ4n) is 11.0. The van der Waals surface area contributed by atoms with E-state index in [-0.39, 0.29) is 27.1 Å². The molecule has 0 atom stereocenters. The smallest absolute Gasteiger partial charge is 0.269 e. The van der Waals surface area contributed by atoms with Gasteiger partial charge < -0.3 is 4.74 Å². The average Bonchev–Trinajstić information content (AvgIpc) is 4.22. The lowest BCUT2D eigenvalue weighted by molar-refractivity contribution is -0.572. The summed E-state index contributed by atoms with van der Waals surface area (Å²) in [7, 11) is 0. The molecule has 11 rings (SSSR count). The summed E-state index contributed by atoms with van der Waals surface area (Å²) in [5, 5.41) is 2.32. The summed E-state index contributed by atoms with van der Waals surface area (Å²) in [4.78, 5) is 4.93. The molecule has 0 aliphatic heterocycles. The van der Waals surface area contributed by atoms with Gasteiger partial charge in [-0.25, -0.2) is 4.98 Å². The SMILES string of the molecule is CC(C)(C)c1cc(-c2cccc(-c3cc(C(C)(C)C)cc(C(C)(C)C)c3)c2-c2cccc3c2[n+](-c2ccccc2)[c-]n3-c2cccc(Oc3ccc4c5ccccc5n(-c5cc(C(C)(C)C)ccn5)c4c3)c2)cc(C(C)(C)C)c1. The third kappa shape index (κ3) is 10.2. The van der Waals surface area contributed by atoms with Gasteiger partial charge in [-0.3, -0.25) is 13.7 Å². The molecule has 0 amide bonds. The van der Waals surface area contributed by atoms with Crippen molar-refractivity contribution < 1.29 is 9.30 Å². The molecule has 3 heterocycles. The highest BCUT2D eigenvalue weighted by atomic mass is 16.5. The Labute approximate surface area is 469 Å². The molecule has 0 saturated heterocycles. The lowest BCUT2D eigenvalue weighted by Crippen LogP contribution is -2.30. The Balaban J connectivity index is 1.12. The average molecular weight is 1040 g/mol. The van der Waals surface area contributed by atoms with Crippen molar-refractivity contribution in [3.05, 3.63) is 222 Å². The number of hydrogen-bond donors (Lipinski definition) is 0. The Kier molecular flexibility index (Phi) is 13.0. The number of pyridine rings is 1. The third-order valence-corrected chi connectivity index (χ3v) is 15.8. The third-order valence-electron chi connectivity index (χ3n) is 15.8. The minimum atomic E-state index is -0.0694. The number of rotatable bonds is 8. The van der Waals surface area contributed by atoms with Gasteiger partial charge in [0.15, 0.2) is 0 Å². The van der Waals surface area contributed by atoms with Gasteiger partial charge in [-0.2, -0.15) is 0 Å². The lowest BCUT2D eigenvalue weighted by Gasteiger charge is -2.28. The van der Waals surface area contributed by atoms with Crippen LogP contribution >= 0.6 is 0 Å². The first kappa shape index (κ1) is 53.0. The van der Waals surface area contributed by atoms with Crippen molar-refractivity contribution in [2.24, 2.45) is 0 Å². The first-order chi connectivity index (χ1) is 37.3. The number of ether oxygens (including phenoxy) is 1. The van der Waals surface area contributed by atoms with Gasteiger partial charge in [-0.1, -0.05) is 219 Å². The van der Waals surface area contributed by atoms with Crippen LogP contribution in [0.4, 0.5) is 0 Å². The van der Waals surface area contributed by atoms with Gasteiger partial charge in [0, 0.05) is 23.0 Å². The molecule has 0 fully saturated rings. The second-order valence-corrected chi connectivity index (χ2v) is 26.9. The summed E-state index contributed by atoms with van der Waals surface area (Å²) in [6, 6.07) is 66.7. The van der Waals surface area contributed by atoms with Crippen molar-refractivity contribution in [2.45, 2.75) is 131 Å². The topological polar surface area (TPSA) is 35.9 Å². The van der Waals surface area contributed by atoms with Gasteiger partial charge in [0.25, 0.3) is 6.33 Å². The number of aromatic nitrogens is 4. The molecule has 398 valence electrons. The van der Waals surface area contributed by atoms with Crippen LogP contribution in [0.5, 0.6) is 11.5 Å². The summed E-state index contributed by atoms with van der Waals surface area (Å²) in [5.41, 5.74) is 19.5. The lowest BCUT2D eigenvalue weighted by atomic mass is 9.76. The van der Waals surface area contributed by atoms with Crippen LogP contribution in [0.15, 0.2) is 188 Å². The van der Waals surface area contributed by atoms with Crippen LogP contribution < -0.4 is 9.30 Å². The zero-order valence-corrected chi connectivity index (χ0v) is 49.1. The quantitative estimate of drug-likeness (QED) is 0.112. The molecule has 11 aromatic rings. The summed E-state index contributed by atoms with van der Waals surface area (Å²) >= 11 is 0. The van der Waals surface area contributed by atoms with Gasteiger partial charge in [0.05, 0.1) is 33.4 Å². The van der Waals surface area contributed by atoms with Crippen LogP contribution in [0.25, 0.3) is 83.4 Å². The zero-order chi connectivity index (χ0) is 56.0. The van der Waals surface area contributed by atoms with Crippen molar-refractivity contribution in [3.63, 3.8) is 0 Å². The number of hydrogen-bond acceptors (Lipinski definition) is 2. The zero-order valence-electron chi connectivity index (χ0n) is 49.1. The van der Waals surface area contributed by atoms with Gasteiger partial charge in [-0.05, 0) is 149 Å². The van der Waals surface area contributed by atoms with Crippen molar-refractivity contribution in [1.82, 2.24) is 14.1 Å². The summed E-state index contributed by atoms with van der Waals surface area (Å²) < 4.78 is 13.6. The molecule has 8 aromatic carbocycles. The van der Waals surface area contributed by atoms with Crippen LogP contribution in [0, 0.1) is 6.33 Å². The Bertz CT molecular complexity index is 3960. The molecular formula is C74H76N4O. The first-order valence-corrected chi connectivity index (χ1v) is 28.1. The van der Waals surface area contributed by atoms with E-state index in [0.717, 1.165) is 61.7 Å². The Hall–Kier alpha value is -8.02. The Morgan fingerprint density at radius 2 is 0.911 bits per heavy atom. The van der Waals surface area contributed by atoms with E-state index in [1.54, 1.807) is 0 Å². The molecule has 5 heteroatoms. The first-order valence-electron chi connectivity index (χ1n) is 28.1. The minimum Gasteiger partial charge on any atom is -0.458 e. The van der Waals surface area contributed by atoms with E-state index in [1.807, 2.05) is 12.3 Å². The molecule has 0 aliphatic carbocycles. The van der Waals surface area contributed by atoms with E-state index in [4.69, 9.17) is 9.72 Å². The van der Waals surface area contributed by atoms with Crippen molar-refractivity contribution in [1.29, 1.82) is 0 Å². The van der Waals surface area contributed by atoms with Crippen LogP contribution in [0.2, 0.25) is 0 Å². The standard InChI is InChI=1S/C74H76N4O/c1-70(2,3)50-36-37-75-67(44-50)78-64-32-20-19-28-61(64)62-35-34-58(46-66(62)78)79-57-27-21-26-56(45-57)76-47-77(55-24-17-16-18-25-55)69-63(31-23-33-65(69)76)68-59(48-38-51(71(4,5)6)42-52(39-48)72(7,8)9)29-22-30-60(68)49-40-53(73(10,11)12)43-54(41-49)74(13,14)15/h16-46H,1-15H3. The maximum atomic E-state index is 6.91. The predicted octanol–water partition coefficient (Wildman–Crippen LogP) is 19.5. The molecule has 0 N–H and O–H groups in total. The summed E-state index contributed by atoms with van der Waals surface area (Å²) in [6.07, 6.45) is 5.83. The van der Waals surface area contributed by atoms with Gasteiger partial charge in [-0.15, -0.1) is 0 Å². The van der Waals surface area contributed by atoms with E-state index in [0.29, 0.717) is 0 Å². The van der Waals surface area contributed by atoms with Crippen LogP contribution in [-0.4, -0.2) is 14.1 Å². The molecular weight excluding hydrogens is 961 g/mol. The number of imidazole rings is 1. The second kappa shape index (κ2) is 19.4. The van der Waals surface area contributed by atoms with E-state index in [2.05, 4.69) is 300 Å². The predicted molar refractivity (Wildman–Crippen MR) is 332 cm³/mol. The molecule has 0 spiro atoms.